The smallest absolute Gasteiger partial charge is 0.254 e. The van der Waals surface area contributed by atoms with E-state index in [2.05, 4.69) is 20.8 Å². The fourth-order valence-corrected chi connectivity index (χ4v) is 4.60. The number of piperidine rings is 1. The lowest BCUT2D eigenvalue weighted by molar-refractivity contribution is 0.0391. The first-order chi connectivity index (χ1) is 8.75. The van der Waals surface area contributed by atoms with Crippen LogP contribution in [0.2, 0.25) is 0 Å². The second kappa shape index (κ2) is 5.33. The Morgan fingerprint density at radius 2 is 2.06 bits per heavy atom. The second-order valence-electron chi connectivity index (χ2n) is 5.39. The van der Waals surface area contributed by atoms with Crippen molar-refractivity contribution in [2.45, 2.75) is 44.6 Å². The Labute approximate surface area is 120 Å². The zero-order valence-electron chi connectivity index (χ0n) is 10.4. The molecule has 1 aromatic heterocycles. The second-order valence-corrected chi connectivity index (χ2v) is 7.68. The Bertz CT molecular complexity index is 443. The van der Waals surface area contributed by atoms with Crippen LogP contribution in [0.25, 0.3) is 0 Å². The van der Waals surface area contributed by atoms with Gasteiger partial charge in [0, 0.05) is 18.0 Å². The van der Waals surface area contributed by atoms with E-state index in [4.69, 9.17) is 0 Å². The van der Waals surface area contributed by atoms with Crippen molar-refractivity contribution in [2.75, 3.05) is 6.54 Å². The molecule has 4 heteroatoms. The molecule has 0 aromatic carbocycles. The highest BCUT2D eigenvalue weighted by Gasteiger charge is 2.36. The maximum absolute atomic E-state index is 12.6. The van der Waals surface area contributed by atoms with Crippen LogP contribution in [0.4, 0.5) is 0 Å². The Kier molecular flexibility index (Phi) is 3.76. The van der Waals surface area contributed by atoms with Gasteiger partial charge in [-0.05, 0) is 53.6 Å². The summed E-state index contributed by atoms with van der Waals surface area (Å²) in [4.78, 5) is 14.7. The minimum atomic E-state index is 0.244. The van der Waals surface area contributed by atoms with Gasteiger partial charge in [0.1, 0.15) is 0 Å². The van der Waals surface area contributed by atoms with Gasteiger partial charge in [-0.1, -0.05) is 12.8 Å². The third-order valence-corrected chi connectivity index (χ3v) is 5.82. The molecule has 18 heavy (non-hydrogen) atoms. The molecule has 1 aliphatic carbocycles. The van der Waals surface area contributed by atoms with Gasteiger partial charge in [0.25, 0.3) is 5.91 Å². The van der Waals surface area contributed by atoms with E-state index in [1.54, 1.807) is 11.3 Å². The Hall–Kier alpha value is -0.350. The molecule has 2 atom stereocenters. The summed E-state index contributed by atoms with van der Waals surface area (Å²) < 4.78 is 1.04. The quantitative estimate of drug-likeness (QED) is 0.752. The standard InChI is InChI=1S/C14H18BrNOS/c15-13-8-11(9-18-13)14(17)16-7-3-5-10-4-1-2-6-12(10)16/h8-10,12H,1-7H2/t10-,12-/m1/s1. The summed E-state index contributed by atoms with van der Waals surface area (Å²) in [6.07, 6.45) is 7.68. The first-order valence-corrected chi connectivity index (χ1v) is 8.48. The van der Waals surface area contributed by atoms with E-state index in [1.807, 2.05) is 11.4 Å². The van der Waals surface area contributed by atoms with Crippen LogP contribution in [-0.4, -0.2) is 23.4 Å². The number of amides is 1. The summed E-state index contributed by atoms with van der Waals surface area (Å²) in [6.45, 7) is 0.952. The van der Waals surface area contributed by atoms with Crippen LogP contribution in [0.5, 0.6) is 0 Å². The van der Waals surface area contributed by atoms with E-state index >= 15 is 0 Å². The summed E-state index contributed by atoms with van der Waals surface area (Å²) in [5.41, 5.74) is 0.859. The van der Waals surface area contributed by atoms with Crippen molar-refractivity contribution < 1.29 is 4.79 Å². The van der Waals surface area contributed by atoms with Crippen molar-refractivity contribution in [1.29, 1.82) is 0 Å². The van der Waals surface area contributed by atoms with E-state index in [-0.39, 0.29) is 5.91 Å². The molecule has 1 amide bonds. The molecule has 0 radical (unpaired) electrons. The number of carbonyl (C=O) groups is 1. The van der Waals surface area contributed by atoms with Crippen LogP contribution >= 0.6 is 27.3 Å². The Morgan fingerprint density at radius 1 is 1.28 bits per heavy atom. The average Bonchev–Trinajstić information content (AvgIpc) is 2.84. The molecule has 0 spiro atoms. The topological polar surface area (TPSA) is 20.3 Å². The molecule has 3 rings (SSSR count). The molecular weight excluding hydrogens is 310 g/mol. The van der Waals surface area contributed by atoms with E-state index < -0.39 is 0 Å². The van der Waals surface area contributed by atoms with Crippen LogP contribution in [0, 0.1) is 5.92 Å². The van der Waals surface area contributed by atoms with Gasteiger partial charge >= 0.3 is 0 Å². The number of fused-ring (bicyclic) bond motifs is 1. The SMILES string of the molecule is O=C(c1csc(Br)c1)N1CCC[C@H]2CCCC[C@H]21. The third-order valence-electron chi connectivity index (χ3n) is 4.32. The zero-order chi connectivity index (χ0) is 12.5. The first kappa shape index (κ1) is 12.7. The maximum atomic E-state index is 12.6. The number of likely N-dealkylation sites (tertiary alicyclic amines) is 1. The first-order valence-electron chi connectivity index (χ1n) is 6.81. The molecule has 1 saturated heterocycles. The van der Waals surface area contributed by atoms with Crippen LogP contribution in [-0.2, 0) is 0 Å². The van der Waals surface area contributed by atoms with Gasteiger partial charge in [0.05, 0.1) is 9.35 Å². The minimum absolute atomic E-state index is 0.244. The largest absolute Gasteiger partial charge is 0.335 e. The van der Waals surface area contributed by atoms with Gasteiger partial charge in [0.15, 0.2) is 0 Å². The van der Waals surface area contributed by atoms with Crippen molar-refractivity contribution in [3.05, 3.63) is 20.8 Å². The average molecular weight is 328 g/mol. The number of carbonyl (C=O) groups excluding carboxylic acids is 1. The molecule has 1 aliphatic heterocycles. The van der Waals surface area contributed by atoms with Gasteiger partial charge in [-0.3, -0.25) is 4.79 Å². The maximum Gasteiger partial charge on any atom is 0.254 e. The van der Waals surface area contributed by atoms with Gasteiger partial charge < -0.3 is 4.90 Å². The van der Waals surface area contributed by atoms with Crippen molar-refractivity contribution in [3.63, 3.8) is 0 Å². The van der Waals surface area contributed by atoms with Crippen LogP contribution in [0.3, 0.4) is 0 Å². The number of halogens is 1. The van der Waals surface area contributed by atoms with Crippen molar-refractivity contribution in [1.82, 2.24) is 4.90 Å². The monoisotopic (exact) mass is 327 g/mol. The van der Waals surface area contributed by atoms with Crippen LogP contribution in [0.1, 0.15) is 48.9 Å². The summed E-state index contributed by atoms with van der Waals surface area (Å²) in [6, 6.07) is 2.47. The number of nitrogens with zero attached hydrogens (tertiary/aromatic N) is 1. The zero-order valence-corrected chi connectivity index (χ0v) is 12.8. The molecule has 98 valence electrons. The van der Waals surface area contributed by atoms with E-state index in [0.29, 0.717) is 6.04 Å². The van der Waals surface area contributed by atoms with Gasteiger partial charge in [0.2, 0.25) is 0 Å². The summed E-state index contributed by atoms with van der Waals surface area (Å²) in [7, 11) is 0. The third kappa shape index (κ3) is 2.37. The highest BCUT2D eigenvalue weighted by Crippen LogP contribution is 2.36. The van der Waals surface area contributed by atoms with Crippen molar-refractivity contribution in [3.8, 4) is 0 Å². The van der Waals surface area contributed by atoms with Gasteiger partial charge in [-0.25, -0.2) is 0 Å². The van der Waals surface area contributed by atoms with Gasteiger partial charge in [-0.15, -0.1) is 11.3 Å². The molecular formula is C14H18BrNOS. The molecule has 1 aromatic rings. The minimum Gasteiger partial charge on any atom is -0.335 e. The normalized spacial score (nSPS) is 27.9. The van der Waals surface area contributed by atoms with E-state index in [1.165, 1.54) is 38.5 Å². The van der Waals surface area contributed by atoms with E-state index in [9.17, 15) is 4.79 Å². The number of hydrogen-bond acceptors (Lipinski definition) is 2. The molecule has 0 N–H and O–H groups in total. The van der Waals surface area contributed by atoms with Crippen LogP contribution < -0.4 is 0 Å². The molecule has 0 bridgehead atoms. The summed E-state index contributed by atoms with van der Waals surface area (Å²) in [5.74, 6) is 1.01. The lowest BCUT2D eigenvalue weighted by Gasteiger charge is -2.44. The molecule has 1 saturated carbocycles. The highest BCUT2D eigenvalue weighted by molar-refractivity contribution is 9.11. The molecule has 0 unspecified atom stereocenters. The molecule has 2 fully saturated rings. The number of hydrogen-bond donors (Lipinski definition) is 0. The predicted octanol–water partition coefficient (Wildman–Crippen LogP) is 4.31. The molecule has 2 heterocycles. The van der Waals surface area contributed by atoms with E-state index in [0.717, 1.165) is 21.8 Å². The van der Waals surface area contributed by atoms with Crippen molar-refractivity contribution in [2.24, 2.45) is 5.92 Å². The Balaban J connectivity index is 1.79. The summed E-state index contributed by atoms with van der Waals surface area (Å²) >= 11 is 5.04. The predicted molar refractivity (Wildman–Crippen MR) is 78.0 cm³/mol. The number of rotatable bonds is 1. The molecule has 2 nitrogen and oxygen atoms in total. The molecule has 2 aliphatic rings. The lowest BCUT2D eigenvalue weighted by Crippen LogP contribution is -2.49. The highest BCUT2D eigenvalue weighted by atomic mass is 79.9. The fraction of sp³-hybridized carbons (Fsp3) is 0.643. The van der Waals surface area contributed by atoms with Crippen molar-refractivity contribution >= 4 is 33.2 Å². The Morgan fingerprint density at radius 3 is 2.83 bits per heavy atom. The summed E-state index contributed by atoms with van der Waals surface area (Å²) in [5, 5.41) is 1.97. The van der Waals surface area contributed by atoms with Gasteiger partial charge in [-0.2, -0.15) is 0 Å². The fourth-order valence-electron chi connectivity index (χ4n) is 3.46. The van der Waals surface area contributed by atoms with Crippen LogP contribution in [0.15, 0.2) is 15.2 Å². The lowest BCUT2D eigenvalue weighted by atomic mass is 9.78. The number of thiophene rings is 1.